The number of benzene rings is 2. The Labute approximate surface area is 155 Å². The molecule has 0 aromatic heterocycles. The van der Waals surface area contributed by atoms with Crippen LogP contribution in [0.1, 0.15) is 16.8 Å². The zero-order valence-electron chi connectivity index (χ0n) is 14.6. The Bertz CT molecular complexity index is 823. The van der Waals surface area contributed by atoms with Crippen molar-refractivity contribution in [3.05, 3.63) is 47.8 Å². The van der Waals surface area contributed by atoms with E-state index in [1.165, 1.54) is 48.4 Å². The van der Waals surface area contributed by atoms with Gasteiger partial charge < -0.3 is 29.7 Å². The molecule has 1 amide bonds. The van der Waals surface area contributed by atoms with Gasteiger partial charge in [-0.3, -0.25) is 4.79 Å². The molecule has 1 fully saturated rings. The zero-order valence-corrected chi connectivity index (χ0v) is 14.6. The molecule has 0 spiro atoms. The number of aliphatic hydroxyl groups is 1. The molecule has 1 aliphatic rings. The van der Waals surface area contributed by atoms with Gasteiger partial charge in [0.1, 0.15) is 35.1 Å². The predicted molar refractivity (Wildman–Crippen MR) is 93.7 cm³/mol. The molecule has 0 aliphatic carbocycles. The van der Waals surface area contributed by atoms with Crippen molar-refractivity contribution in [3.8, 4) is 23.0 Å². The first kappa shape index (κ1) is 18.8. The van der Waals surface area contributed by atoms with Crippen molar-refractivity contribution in [2.24, 2.45) is 0 Å². The topological polar surface area (TPSA) is 99.5 Å². The van der Waals surface area contributed by atoms with Crippen LogP contribution in [-0.2, 0) is 0 Å². The van der Waals surface area contributed by atoms with Crippen molar-refractivity contribution in [1.82, 2.24) is 4.90 Å². The number of carbonyl (C=O) groups excluding carboxylic acids is 1. The summed E-state index contributed by atoms with van der Waals surface area (Å²) in [5, 5.41) is 30.1. The molecule has 0 radical (unpaired) electrons. The average molecular weight is 377 g/mol. The molecule has 8 heteroatoms. The first-order chi connectivity index (χ1) is 12.9. The Morgan fingerprint density at radius 3 is 2.52 bits per heavy atom. The summed E-state index contributed by atoms with van der Waals surface area (Å²) in [5.74, 6) is -1.21. The smallest absolute Gasteiger partial charge is 0.261 e. The monoisotopic (exact) mass is 377 g/mol. The SMILES string of the molecule is COc1cc(F)ccc1O[C@@H]1CCN(C(=O)c2c(O)cccc2O)C[C@H]1O. The standard InChI is InChI=1S/C19H20FNO6/c1-26-17-9-11(20)5-6-16(17)27-15-7-8-21(10-14(15)24)19(25)18-12(22)3-2-4-13(18)23/h2-6,9,14-15,22-24H,7-8,10H2,1H3/t14-,15-/m1/s1. The number of hydrogen-bond donors (Lipinski definition) is 3. The van der Waals surface area contributed by atoms with E-state index in [4.69, 9.17) is 9.47 Å². The van der Waals surface area contributed by atoms with Crippen molar-refractivity contribution in [3.63, 3.8) is 0 Å². The largest absolute Gasteiger partial charge is 0.507 e. The Morgan fingerprint density at radius 1 is 1.19 bits per heavy atom. The molecule has 3 N–H and O–H groups in total. The van der Waals surface area contributed by atoms with E-state index < -0.39 is 23.9 Å². The van der Waals surface area contributed by atoms with Crippen LogP contribution in [-0.4, -0.2) is 58.5 Å². The minimum absolute atomic E-state index is 0.0409. The zero-order chi connectivity index (χ0) is 19.6. The number of halogens is 1. The van der Waals surface area contributed by atoms with Gasteiger partial charge in [-0.2, -0.15) is 0 Å². The van der Waals surface area contributed by atoms with E-state index >= 15 is 0 Å². The van der Waals surface area contributed by atoms with Gasteiger partial charge >= 0.3 is 0 Å². The summed E-state index contributed by atoms with van der Waals surface area (Å²) in [6.07, 6.45) is -1.32. The highest BCUT2D eigenvalue weighted by Crippen LogP contribution is 2.32. The fraction of sp³-hybridized carbons (Fsp3) is 0.316. The van der Waals surface area contributed by atoms with Gasteiger partial charge in [-0.15, -0.1) is 0 Å². The van der Waals surface area contributed by atoms with Crippen molar-refractivity contribution in [1.29, 1.82) is 0 Å². The average Bonchev–Trinajstić information content (AvgIpc) is 2.64. The number of rotatable bonds is 4. The first-order valence-corrected chi connectivity index (χ1v) is 8.39. The molecule has 0 saturated carbocycles. The highest BCUT2D eigenvalue weighted by molar-refractivity contribution is 5.99. The lowest BCUT2D eigenvalue weighted by Crippen LogP contribution is -2.51. The number of piperidine rings is 1. The van der Waals surface area contributed by atoms with Crippen LogP contribution in [0, 0.1) is 5.82 Å². The van der Waals surface area contributed by atoms with Gasteiger partial charge in [-0.1, -0.05) is 6.07 Å². The Kier molecular flexibility index (Phi) is 5.36. The molecule has 7 nitrogen and oxygen atoms in total. The van der Waals surface area contributed by atoms with Crippen LogP contribution in [0.15, 0.2) is 36.4 Å². The van der Waals surface area contributed by atoms with E-state index in [2.05, 4.69) is 0 Å². The summed E-state index contributed by atoms with van der Waals surface area (Å²) in [5.41, 5.74) is -0.204. The summed E-state index contributed by atoms with van der Waals surface area (Å²) in [7, 11) is 1.39. The number of methoxy groups -OCH3 is 1. The van der Waals surface area contributed by atoms with Gasteiger partial charge in [-0.25, -0.2) is 4.39 Å². The third-order valence-corrected chi connectivity index (χ3v) is 4.45. The van der Waals surface area contributed by atoms with Gasteiger partial charge in [0.2, 0.25) is 0 Å². The molecule has 1 heterocycles. The minimum Gasteiger partial charge on any atom is -0.507 e. The second-order valence-electron chi connectivity index (χ2n) is 6.23. The van der Waals surface area contributed by atoms with Crippen LogP contribution < -0.4 is 9.47 Å². The predicted octanol–water partition coefficient (Wildman–Crippen LogP) is 1.90. The lowest BCUT2D eigenvalue weighted by molar-refractivity contribution is -0.0208. The fourth-order valence-corrected chi connectivity index (χ4v) is 3.04. The number of phenols is 2. The number of likely N-dealkylation sites (tertiary alicyclic amines) is 1. The van der Waals surface area contributed by atoms with E-state index in [1.54, 1.807) is 0 Å². The molecule has 1 aliphatic heterocycles. The molecule has 0 unspecified atom stereocenters. The van der Waals surface area contributed by atoms with Gasteiger partial charge in [0.15, 0.2) is 11.5 Å². The van der Waals surface area contributed by atoms with Crippen LogP contribution in [0.3, 0.4) is 0 Å². The van der Waals surface area contributed by atoms with Gasteiger partial charge in [0.25, 0.3) is 5.91 Å². The second-order valence-corrected chi connectivity index (χ2v) is 6.23. The Hall–Kier alpha value is -3.00. The molecule has 1 saturated heterocycles. The maximum atomic E-state index is 13.3. The molecule has 0 bridgehead atoms. The van der Waals surface area contributed by atoms with Crippen LogP contribution >= 0.6 is 0 Å². The maximum absolute atomic E-state index is 13.3. The first-order valence-electron chi connectivity index (χ1n) is 8.39. The van der Waals surface area contributed by atoms with Crippen LogP contribution in [0.5, 0.6) is 23.0 Å². The molecular weight excluding hydrogens is 357 g/mol. The van der Waals surface area contributed by atoms with Crippen molar-refractivity contribution < 1.29 is 34.0 Å². The number of phenolic OH excluding ortho intramolecular Hbond substituents is 2. The van der Waals surface area contributed by atoms with E-state index in [1.807, 2.05) is 0 Å². The van der Waals surface area contributed by atoms with Crippen molar-refractivity contribution >= 4 is 5.91 Å². The molecule has 2 atom stereocenters. The maximum Gasteiger partial charge on any atom is 0.261 e. The molecule has 2 aromatic rings. The summed E-state index contributed by atoms with van der Waals surface area (Å²) >= 11 is 0. The lowest BCUT2D eigenvalue weighted by Gasteiger charge is -2.36. The summed E-state index contributed by atoms with van der Waals surface area (Å²) < 4.78 is 24.1. The molecule has 3 rings (SSSR count). The van der Waals surface area contributed by atoms with E-state index in [9.17, 15) is 24.5 Å². The van der Waals surface area contributed by atoms with Crippen molar-refractivity contribution in [2.75, 3.05) is 20.2 Å². The van der Waals surface area contributed by atoms with Gasteiger partial charge in [-0.05, 0) is 24.3 Å². The number of β-amino-alcohol motifs (C(OH)–C–C–N with tert-alkyl or cyclic N) is 1. The number of hydrogen-bond acceptors (Lipinski definition) is 6. The molecule has 144 valence electrons. The molecular formula is C19H20FNO6. The minimum atomic E-state index is -1.01. The number of ether oxygens (including phenoxy) is 2. The molecule has 27 heavy (non-hydrogen) atoms. The summed E-state index contributed by atoms with van der Waals surface area (Å²) in [6, 6.07) is 7.86. The highest BCUT2D eigenvalue weighted by Gasteiger charge is 2.34. The summed E-state index contributed by atoms with van der Waals surface area (Å²) in [4.78, 5) is 13.9. The number of carbonyl (C=O) groups is 1. The fourth-order valence-electron chi connectivity index (χ4n) is 3.04. The normalized spacial score (nSPS) is 19.6. The van der Waals surface area contributed by atoms with Gasteiger partial charge in [0, 0.05) is 19.0 Å². The number of amides is 1. The molecule has 2 aromatic carbocycles. The van der Waals surface area contributed by atoms with E-state index in [0.717, 1.165) is 0 Å². The third kappa shape index (κ3) is 3.90. The van der Waals surface area contributed by atoms with E-state index in [-0.39, 0.29) is 35.9 Å². The highest BCUT2D eigenvalue weighted by atomic mass is 19.1. The number of aliphatic hydroxyl groups excluding tert-OH is 1. The van der Waals surface area contributed by atoms with Crippen LogP contribution in [0.2, 0.25) is 0 Å². The van der Waals surface area contributed by atoms with Crippen molar-refractivity contribution in [2.45, 2.75) is 18.6 Å². The Balaban J connectivity index is 1.70. The number of aromatic hydroxyl groups is 2. The number of nitrogens with zero attached hydrogens (tertiary/aromatic N) is 1. The lowest BCUT2D eigenvalue weighted by atomic mass is 10.0. The van der Waals surface area contributed by atoms with Gasteiger partial charge in [0.05, 0.1) is 13.7 Å². The van der Waals surface area contributed by atoms with Crippen LogP contribution in [0.4, 0.5) is 4.39 Å². The van der Waals surface area contributed by atoms with E-state index in [0.29, 0.717) is 12.2 Å². The summed E-state index contributed by atoms with van der Waals surface area (Å²) in [6.45, 7) is 0.207. The Morgan fingerprint density at radius 2 is 1.89 bits per heavy atom. The van der Waals surface area contributed by atoms with Crippen LogP contribution in [0.25, 0.3) is 0 Å². The quantitative estimate of drug-likeness (QED) is 0.753. The second kappa shape index (κ2) is 7.71. The third-order valence-electron chi connectivity index (χ3n) is 4.45.